The standard InChI is InChI=1S/C32H37N4O6P/c1-4-41-43(39,42-5-2)26-15-16-28-27(21-26)30(32(38)34-28)31(23-9-7-6-8-10-23)33-24-11-13-25(14-12-24)35(3)29(37)22-36-17-19-40-20-18-36/h6-16,21,33H,4-5,17-20,22H2,1-3H3,(H,34,38). The minimum absolute atomic E-state index is 0.00105. The van der Waals surface area contributed by atoms with Gasteiger partial charge in [0.15, 0.2) is 0 Å². The van der Waals surface area contributed by atoms with Gasteiger partial charge >= 0.3 is 7.60 Å². The number of fused-ring (bicyclic) bond motifs is 1. The Balaban J connectivity index is 1.47. The molecule has 5 rings (SSSR count). The second kappa shape index (κ2) is 13.7. The molecule has 2 heterocycles. The summed E-state index contributed by atoms with van der Waals surface area (Å²) in [5, 5.41) is 6.75. The van der Waals surface area contributed by atoms with E-state index in [0.29, 0.717) is 47.6 Å². The maximum atomic E-state index is 13.6. The van der Waals surface area contributed by atoms with Gasteiger partial charge in [0.25, 0.3) is 5.91 Å². The largest absolute Gasteiger partial charge is 0.379 e. The first-order valence-corrected chi connectivity index (χ1v) is 16.0. The van der Waals surface area contributed by atoms with Crippen LogP contribution in [0.3, 0.4) is 0 Å². The molecule has 3 aromatic rings. The van der Waals surface area contributed by atoms with Gasteiger partial charge < -0.3 is 29.3 Å². The molecule has 2 amide bonds. The molecule has 0 saturated carbocycles. The van der Waals surface area contributed by atoms with Crippen molar-refractivity contribution in [2.45, 2.75) is 13.8 Å². The van der Waals surface area contributed by atoms with Crippen molar-refractivity contribution in [2.24, 2.45) is 0 Å². The normalized spacial score (nSPS) is 16.4. The van der Waals surface area contributed by atoms with E-state index in [1.807, 2.05) is 54.6 Å². The fourth-order valence-corrected chi connectivity index (χ4v) is 6.69. The lowest BCUT2D eigenvalue weighted by atomic mass is 10.00. The Bertz CT molecular complexity index is 1530. The summed E-state index contributed by atoms with van der Waals surface area (Å²) in [5.41, 5.74) is 4.48. The minimum atomic E-state index is -3.58. The summed E-state index contributed by atoms with van der Waals surface area (Å²) in [7, 11) is -1.81. The highest BCUT2D eigenvalue weighted by Gasteiger charge is 2.33. The third kappa shape index (κ3) is 6.90. The molecule has 11 heteroatoms. The predicted octanol–water partition coefficient (Wildman–Crippen LogP) is 4.81. The molecule has 2 aliphatic rings. The number of amides is 2. The Kier molecular flexibility index (Phi) is 9.75. The summed E-state index contributed by atoms with van der Waals surface area (Å²) in [6, 6.07) is 22.1. The number of hydrogen-bond acceptors (Lipinski definition) is 8. The van der Waals surface area contributed by atoms with E-state index in [9.17, 15) is 14.2 Å². The van der Waals surface area contributed by atoms with Crippen molar-refractivity contribution in [1.82, 2.24) is 4.90 Å². The van der Waals surface area contributed by atoms with Gasteiger partial charge in [-0.3, -0.25) is 19.1 Å². The average molecular weight is 605 g/mol. The number of nitrogens with zero attached hydrogens (tertiary/aromatic N) is 2. The Hall–Kier alpha value is -3.79. The Morgan fingerprint density at radius 1 is 1.00 bits per heavy atom. The van der Waals surface area contributed by atoms with E-state index in [1.54, 1.807) is 44.0 Å². The number of hydrogen-bond donors (Lipinski definition) is 2. The topological polar surface area (TPSA) is 109 Å². The summed E-state index contributed by atoms with van der Waals surface area (Å²) in [6.45, 7) is 7.05. The van der Waals surface area contributed by atoms with Crippen molar-refractivity contribution in [3.8, 4) is 0 Å². The monoisotopic (exact) mass is 604 g/mol. The fraction of sp³-hybridized carbons (Fsp3) is 0.312. The summed E-state index contributed by atoms with van der Waals surface area (Å²) < 4.78 is 30.1. The number of carbonyl (C=O) groups is 2. The van der Waals surface area contributed by atoms with E-state index in [0.717, 1.165) is 30.0 Å². The molecule has 2 N–H and O–H groups in total. The van der Waals surface area contributed by atoms with Crippen molar-refractivity contribution in [3.63, 3.8) is 0 Å². The number of benzene rings is 3. The molecule has 0 atom stereocenters. The van der Waals surface area contributed by atoms with Crippen LogP contribution in [0.5, 0.6) is 0 Å². The van der Waals surface area contributed by atoms with Crippen LogP contribution < -0.4 is 20.8 Å². The maximum Gasteiger partial charge on any atom is 0.361 e. The molecule has 3 aromatic carbocycles. The summed E-state index contributed by atoms with van der Waals surface area (Å²) in [5.74, 6) is -0.285. The lowest BCUT2D eigenvalue weighted by Gasteiger charge is -2.28. The van der Waals surface area contributed by atoms with Crippen molar-refractivity contribution < 1.29 is 27.9 Å². The number of rotatable bonds is 11. The molecular formula is C32H37N4O6P. The van der Waals surface area contributed by atoms with Crippen LogP contribution >= 0.6 is 7.60 Å². The lowest BCUT2D eigenvalue weighted by Crippen LogP contribution is -2.43. The third-order valence-electron chi connectivity index (χ3n) is 7.34. The summed E-state index contributed by atoms with van der Waals surface area (Å²) >= 11 is 0. The molecule has 0 spiro atoms. The van der Waals surface area contributed by atoms with Crippen LogP contribution in [-0.2, 0) is 27.9 Å². The second-order valence-electron chi connectivity index (χ2n) is 10.1. The van der Waals surface area contributed by atoms with Gasteiger partial charge in [-0.2, -0.15) is 0 Å². The van der Waals surface area contributed by atoms with Crippen molar-refractivity contribution in [1.29, 1.82) is 0 Å². The van der Waals surface area contributed by atoms with E-state index in [1.165, 1.54) is 0 Å². The van der Waals surface area contributed by atoms with Crippen molar-refractivity contribution in [2.75, 3.05) is 68.6 Å². The van der Waals surface area contributed by atoms with Gasteiger partial charge in [-0.15, -0.1) is 0 Å². The molecule has 1 saturated heterocycles. The number of ether oxygens (including phenoxy) is 1. The van der Waals surface area contributed by atoms with Crippen LogP contribution in [0.1, 0.15) is 25.0 Å². The highest BCUT2D eigenvalue weighted by atomic mass is 31.2. The fourth-order valence-electron chi connectivity index (χ4n) is 5.10. The molecule has 0 radical (unpaired) electrons. The summed E-state index contributed by atoms with van der Waals surface area (Å²) in [4.78, 5) is 30.1. The minimum Gasteiger partial charge on any atom is -0.379 e. The van der Waals surface area contributed by atoms with Crippen LogP contribution in [0.25, 0.3) is 11.3 Å². The molecule has 226 valence electrons. The van der Waals surface area contributed by atoms with Gasteiger partial charge in [-0.1, -0.05) is 30.3 Å². The molecule has 0 bridgehead atoms. The van der Waals surface area contributed by atoms with E-state index in [-0.39, 0.29) is 25.0 Å². The molecule has 0 aliphatic carbocycles. The van der Waals surface area contributed by atoms with Gasteiger partial charge in [0.05, 0.1) is 49.5 Å². The zero-order chi connectivity index (χ0) is 30.4. The Labute approximate surface area is 252 Å². The van der Waals surface area contributed by atoms with E-state index < -0.39 is 7.60 Å². The second-order valence-corrected chi connectivity index (χ2v) is 12.2. The molecule has 0 unspecified atom stereocenters. The maximum absolute atomic E-state index is 13.6. The number of likely N-dealkylation sites (N-methyl/N-ethyl adjacent to an activating group) is 1. The van der Waals surface area contributed by atoms with Crippen LogP contribution in [0.2, 0.25) is 0 Å². The quantitative estimate of drug-likeness (QED) is 0.237. The van der Waals surface area contributed by atoms with E-state index >= 15 is 0 Å². The van der Waals surface area contributed by atoms with Gasteiger partial charge in [0.2, 0.25) is 5.91 Å². The van der Waals surface area contributed by atoms with Crippen LogP contribution in [0.15, 0.2) is 72.8 Å². The first-order valence-electron chi connectivity index (χ1n) is 14.4. The van der Waals surface area contributed by atoms with E-state index in [2.05, 4.69) is 15.5 Å². The number of nitrogens with one attached hydrogen (secondary N) is 2. The van der Waals surface area contributed by atoms with Gasteiger partial charge in [-0.05, 0) is 61.9 Å². The lowest BCUT2D eigenvalue weighted by molar-refractivity contribution is -0.120. The first-order chi connectivity index (χ1) is 20.8. The molecule has 43 heavy (non-hydrogen) atoms. The Morgan fingerprint density at radius 3 is 2.33 bits per heavy atom. The van der Waals surface area contributed by atoms with Gasteiger partial charge in [0, 0.05) is 42.8 Å². The highest BCUT2D eigenvalue weighted by molar-refractivity contribution is 7.62. The zero-order valence-corrected chi connectivity index (χ0v) is 25.6. The number of anilines is 3. The Morgan fingerprint density at radius 2 is 1.67 bits per heavy atom. The van der Waals surface area contributed by atoms with Crippen molar-refractivity contribution >= 4 is 53.0 Å². The van der Waals surface area contributed by atoms with Gasteiger partial charge in [0.1, 0.15) is 0 Å². The molecule has 0 aromatic heterocycles. The molecule has 10 nitrogen and oxygen atoms in total. The SMILES string of the molecule is CCOP(=O)(OCC)c1ccc2c(c1)C(=C(Nc1ccc(N(C)C(=O)CN3CCOCC3)cc1)c1ccccc1)C(=O)N2. The first kappa shape index (κ1) is 30.7. The molecular weight excluding hydrogens is 567 g/mol. The highest BCUT2D eigenvalue weighted by Crippen LogP contribution is 2.48. The molecule has 1 fully saturated rings. The van der Waals surface area contributed by atoms with Crippen molar-refractivity contribution in [3.05, 3.63) is 83.9 Å². The average Bonchev–Trinajstić information content (AvgIpc) is 3.35. The number of morpholine rings is 1. The van der Waals surface area contributed by atoms with Crippen LogP contribution in [-0.4, -0.2) is 69.8 Å². The summed E-state index contributed by atoms with van der Waals surface area (Å²) in [6.07, 6.45) is 0. The molecule has 2 aliphatic heterocycles. The number of carbonyl (C=O) groups excluding carboxylic acids is 2. The predicted molar refractivity (Wildman–Crippen MR) is 170 cm³/mol. The smallest absolute Gasteiger partial charge is 0.361 e. The zero-order valence-electron chi connectivity index (χ0n) is 24.7. The van der Waals surface area contributed by atoms with E-state index in [4.69, 9.17) is 13.8 Å². The van der Waals surface area contributed by atoms with Crippen LogP contribution in [0, 0.1) is 0 Å². The van der Waals surface area contributed by atoms with Crippen LogP contribution in [0.4, 0.5) is 17.1 Å². The third-order valence-corrected chi connectivity index (χ3v) is 9.44. The van der Waals surface area contributed by atoms with Gasteiger partial charge in [-0.25, -0.2) is 0 Å².